The Morgan fingerprint density at radius 3 is 1.89 bits per heavy atom. The molecule has 0 fully saturated rings. The van der Waals surface area contributed by atoms with Crippen molar-refractivity contribution in [3.05, 3.63) is 60.7 Å². The number of ketones is 1. The van der Waals surface area contributed by atoms with E-state index in [2.05, 4.69) is 24.3 Å². The minimum atomic E-state index is -0.545. The van der Waals surface area contributed by atoms with Crippen LogP contribution in [0.1, 0.15) is 78.6 Å². The Hall–Kier alpha value is -2.90. The van der Waals surface area contributed by atoms with Crippen molar-refractivity contribution in [3.63, 3.8) is 0 Å². The van der Waals surface area contributed by atoms with Gasteiger partial charge in [0.05, 0.1) is 0 Å². The standard InChI is InChI=1S/C24H40O5.C6H6O2/c1-24(2,3)29-22(26)20-21(25)18-16-14-12-10-8-6-7-9-11-13-15-17-19-23(27-4)28-5;7-5-2-1-3-6(8)4-5/h6,8-9,11-12,14,23H,7,10,13,15-20H2,1-5H3;1-4,7-8H/b8-6+,11-9+,14-12+;. The lowest BCUT2D eigenvalue weighted by Gasteiger charge is -2.19. The van der Waals surface area contributed by atoms with E-state index in [1.165, 1.54) is 18.2 Å². The molecule has 1 aromatic carbocycles. The molecule has 0 aliphatic carbocycles. The molecule has 0 radical (unpaired) electrons. The predicted octanol–water partition coefficient (Wildman–Crippen LogP) is 6.79. The second-order valence-electron chi connectivity index (χ2n) is 9.43. The number of methoxy groups -OCH3 is 2. The maximum absolute atomic E-state index is 11.7. The summed E-state index contributed by atoms with van der Waals surface area (Å²) in [6.45, 7) is 5.38. The van der Waals surface area contributed by atoms with Crippen LogP contribution < -0.4 is 0 Å². The third-order valence-electron chi connectivity index (χ3n) is 4.81. The largest absolute Gasteiger partial charge is 0.508 e. The maximum atomic E-state index is 11.7. The lowest BCUT2D eigenvalue weighted by atomic mass is 10.1. The zero-order valence-electron chi connectivity index (χ0n) is 23.2. The fourth-order valence-corrected chi connectivity index (χ4v) is 3.05. The number of carbonyl (C=O) groups is 2. The molecule has 7 nitrogen and oxygen atoms in total. The topological polar surface area (TPSA) is 102 Å². The minimum absolute atomic E-state index is 0.0791. The zero-order chi connectivity index (χ0) is 27.9. The molecule has 37 heavy (non-hydrogen) atoms. The molecule has 2 N–H and O–H groups in total. The Balaban J connectivity index is 0.00000136. The molecular weight excluding hydrogens is 472 g/mol. The predicted molar refractivity (Wildman–Crippen MR) is 147 cm³/mol. The van der Waals surface area contributed by atoms with Gasteiger partial charge in [0.25, 0.3) is 0 Å². The van der Waals surface area contributed by atoms with Crippen LogP contribution in [0.2, 0.25) is 0 Å². The molecule has 208 valence electrons. The van der Waals surface area contributed by atoms with Gasteiger partial charge < -0.3 is 24.4 Å². The Morgan fingerprint density at radius 2 is 1.41 bits per heavy atom. The van der Waals surface area contributed by atoms with Gasteiger partial charge in [-0.3, -0.25) is 9.59 Å². The third kappa shape index (κ3) is 23.3. The minimum Gasteiger partial charge on any atom is -0.508 e. The van der Waals surface area contributed by atoms with Gasteiger partial charge in [-0.15, -0.1) is 0 Å². The Bertz CT molecular complexity index is 813. The van der Waals surface area contributed by atoms with Gasteiger partial charge in [-0.05, 0) is 77.8 Å². The van der Waals surface area contributed by atoms with E-state index in [1.807, 2.05) is 12.2 Å². The molecule has 0 aliphatic heterocycles. The first kappa shape index (κ1) is 34.1. The second-order valence-corrected chi connectivity index (χ2v) is 9.43. The molecule has 7 heteroatoms. The number of phenols is 2. The summed E-state index contributed by atoms with van der Waals surface area (Å²) < 4.78 is 15.5. The molecule has 1 aromatic rings. The lowest BCUT2D eigenvalue weighted by molar-refractivity contribution is -0.156. The highest BCUT2D eigenvalue weighted by atomic mass is 16.7. The average molecular weight is 519 g/mol. The van der Waals surface area contributed by atoms with Crippen LogP contribution in [-0.2, 0) is 23.8 Å². The van der Waals surface area contributed by atoms with E-state index >= 15 is 0 Å². The third-order valence-corrected chi connectivity index (χ3v) is 4.81. The quantitative estimate of drug-likeness (QED) is 0.0816. The molecule has 0 heterocycles. The maximum Gasteiger partial charge on any atom is 0.313 e. The summed E-state index contributed by atoms with van der Waals surface area (Å²) in [4.78, 5) is 23.3. The molecule has 0 amide bonds. The molecule has 0 saturated carbocycles. The molecule has 0 saturated heterocycles. The summed E-state index contributed by atoms with van der Waals surface area (Å²) in [6.07, 6.45) is 19.5. The molecule has 0 aliphatic rings. The summed E-state index contributed by atoms with van der Waals surface area (Å²) in [5, 5.41) is 17.3. The van der Waals surface area contributed by atoms with E-state index in [1.54, 1.807) is 41.1 Å². The second kappa shape index (κ2) is 21.2. The average Bonchev–Trinajstić information content (AvgIpc) is 2.80. The van der Waals surface area contributed by atoms with Gasteiger partial charge in [-0.1, -0.05) is 42.5 Å². The Labute approximate surface area is 222 Å². The zero-order valence-corrected chi connectivity index (χ0v) is 23.2. The van der Waals surface area contributed by atoms with Crippen LogP contribution in [0.15, 0.2) is 60.7 Å². The molecular formula is C30H46O7. The van der Waals surface area contributed by atoms with E-state index in [0.29, 0.717) is 12.8 Å². The molecule has 0 bridgehead atoms. The molecule has 0 aromatic heterocycles. The van der Waals surface area contributed by atoms with Crippen molar-refractivity contribution in [1.82, 2.24) is 0 Å². The van der Waals surface area contributed by atoms with E-state index < -0.39 is 11.6 Å². The van der Waals surface area contributed by atoms with E-state index in [-0.39, 0.29) is 30.0 Å². The number of phenolic OH excluding ortho intramolecular Hbond substituents is 2. The monoisotopic (exact) mass is 518 g/mol. The summed E-state index contributed by atoms with van der Waals surface area (Å²) in [5.74, 6) is -0.351. The molecule has 0 atom stereocenters. The van der Waals surface area contributed by atoms with Crippen molar-refractivity contribution in [1.29, 1.82) is 0 Å². The normalized spacial score (nSPS) is 11.8. The van der Waals surface area contributed by atoms with Crippen molar-refractivity contribution in [3.8, 4) is 11.5 Å². The van der Waals surface area contributed by atoms with Gasteiger partial charge in [0.15, 0.2) is 6.29 Å². The van der Waals surface area contributed by atoms with Crippen molar-refractivity contribution >= 4 is 11.8 Å². The number of allylic oxidation sites excluding steroid dienone is 6. The van der Waals surface area contributed by atoms with Gasteiger partial charge in [-0.2, -0.15) is 0 Å². The number of esters is 1. The number of unbranched alkanes of at least 4 members (excludes halogenated alkanes) is 2. The van der Waals surface area contributed by atoms with Crippen LogP contribution in [0.25, 0.3) is 0 Å². The number of aromatic hydroxyl groups is 2. The van der Waals surface area contributed by atoms with E-state index in [4.69, 9.17) is 24.4 Å². The first-order valence-corrected chi connectivity index (χ1v) is 12.8. The van der Waals surface area contributed by atoms with Crippen LogP contribution >= 0.6 is 0 Å². The summed E-state index contributed by atoms with van der Waals surface area (Å²) >= 11 is 0. The van der Waals surface area contributed by atoms with Crippen LogP contribution in [0, 0.1) is 0 Å². The Morgan fingerprint density at radius 1 is 0.865 bits per heavy atom. The highest BCUT2D eigenvalue weighted by Gasteiger charge is 2.18. The van der Waals surface area contributed by atoms with Gasteiger partial charge in [0.2, 0.25) is 0 Å². The SMILES string of the molecule is COC(CCCC/C=C/C/C=C/C/C=C/CCC(=O)CC(=O)OC(C)(C)C)OC.Oc1cccc(O)c1. The first-order valence-electron chi connectivity index (χ1n) is 12.8. The van der Waals surface area contributed by atoms with Crippen LogP contribution in [0.3, 0.4) is 0 Å². The van der Waals surface area contributed by atoms with Crippen LogP contribution in [0.4, 0.5) is 0 Å². The summed E-state index contributed by atoms with van der Waals surface area (Å²) in [7, 11) is 3.34. The van der Waals surface area contributed by atoms with Gasteiger partial charge in [0.1, 0.15) is 29.3 Å². The highest BCUT2D eigenvalue weighted by Crippen LogP contribution is 2.15. The van der Waals surface area contributed by atoms with Gasteiger partial charge >= 0.3 is 5.97 Å². The molecule has 0 spiro atoms. The first-order chi connectivity index (χ1) is 17.6. The number of hydrogen-bond acceptors (Lipinski definition) is 7. The van der Waals surface area contributed by atoms with E-state index in [9.17, 15) is 9.59 Å². The van der Waals surface area contributed by atoms with Gasteiger partial charge in [0, 0.05) is 26.7 Å². The van der Waals surface area contributed by atoms with Crippen molar-refractivity contribution in [2.24, 2.45) is 0 Å². The van der Waals surface area contributed by atoms with Crippen molar-refractivity contribution in [2.45, 2.75) is 90.4 Å². The fraction of sp³-hybridized carbons (Fsp3) is 0.533. The van der Waals surface area contributed by atoms with Crippen LogP contribution in [0.5, 0.6) is 11.5 Å². The number of carbonyl (C=O) groups excluding carboxylic acids is 2. The van der Waals surface area contributed by atoms with Crippen molar-refractivity contribution < 1.29 is 34.0 Å². The number of Topliss-reactive ketones (excluding diaryl/α,β-unsaturated/α-hetero) is 1. The van der Waals surface area contributed by atoms with E-state index in [0.717, 1.165) is 38.5 Å². The smallest absolute Gasteiger partial charge is 0.313 e. The highest BCUT2D eigenvalue weighted by molar-refractivity contribution is 5.95. The number of ether oxygens (including phenoxy) is 3. The number of benzene rings is 1. The number of hydrogen-bond donors (Lipinski definition) is 2. The molecule has 1 rings (SSSR count). The molecule has 0 unspecified atom stereocenters. The summed E-state index contributed by atoms with van der Waals surface area (Å²) in [5.41, 5.74) is -0.545. The summed E-state index contributed by atoms with van der Waals surface area (Å²) in [6, 6.07) is 5.85. The number of rotatable bonds is 16. The lowest BCUT2D eigenvalue weighted by Crippen LogP contribution is -2.25. The van der Waals surface area contributed by atoms with Gasteiger partial charge in [-0.25, -0.2) is 0 Å². The van der Waals surface area contributed by atoms with Crippen molar-refractivity contribution in [2.75, 3.05) is 14.2 Å². The van der Waals surface area contributed by atoms with Crippen LogP contribution in [-0.4, -0.2) is 48.1 Å². The fourth-order valence-electron chi connectivity index (χ4n) is 3.05. The Kier molecular flexibility index (Phi) is 19.5.